The molecule has 2 aliphatic heterocycles. The Hall–Kier alpha value is -3.98. The van der Waals surface area contributed by atoms with E-state index in [1.54, 1.807) is 36.4 Å². The summed E-state index contributed by atoms with van der Waals surface area (Å²) < 4.78 is 27.0. The molecule has 0 radical (unpaired) electrons. The highest BCUT2D eigenvalue weighted by molar-refractivity contribution is 5.91. The monoisotopic (exact) mass is 478 g/mol. The quantitative estimate of drug-likeness (QED) is 0.478. The van der Waals surface area contributed by atoms with Crippen LogP contribution in [-0.2, 0) is 17.9 Å². The molecule has 1 fully saturated rings. The minimum atomic E-state index is -0.403. The molecule has 3 aromatic rings. The highest BCUT2D eigenvalue weighted by Crippen LogP contribution is 2.33. The van der Waals surface area contributed by atoms with Crippen LogP contribution in [0.25, 0.3) is 0 Å². The second-order valence-corrected chi connectivity index (χ2v) is 8.33. The predicted octanol–water partition coefficient (Wildman–Crippen LogP) is 3.33. The Morgan fingerprint density at radius 1 is 0.914 bits per heavy atom. The lowest BCUT2D eigenvalue weighted by atomic mass is 10.1. The molecule has 3 heterocycles. The van der Waals surface area contributed by atoms with E-state index in [0.717, 1.165) is 36.7 Å². The van der Waals surface area contributed by atoms with Gasteiger partial charge in [0.25, 0.3) is 5.91 Å². The lowest BCUT2D eigenvalue weighted by Gasteiger charge is -2.34. The fourth-order valence-electron chi connectivity index (χ4n) is 4.09. The Balaban J connectivity index is 1.10. The van der Waals surface area contributed by atoms with Gasteiger partial charge >= 0.3 is 5.97 Å². The van der Waals surface area contributed by atoms with Crippen molar-refractivity contribution < 1.29 is 33.0 Å². The topological polar surface area (TPSA) is 90.7 Å². The predicted molar refractivity (Wildman–Crippen MR) is 125 cm³/mol. The van der Waals surface area contributed by atoms with Gasteiger partial charge in [-0.1, -0.05) is 6.07 Å². The maximum atomic E-state index is 12.9. The third-order valence-corrected chi connectivity index (χ3v) is 6.03. The fraction of sp³-hybridized carbons (Fsp3) is 0.308. The standard InChI is InChI=1S/C26H26N2O7/c1-31-26(30)19-3-5-20(6-4-19)32-16-21-7-9-23(35-21)25(29)28-12-10-27(11-13-28)15-18-2-8-22-24(14-18)34-17-33-22/h2-9,14H,10-13,15-17H2,1H3. The van der Waals surface area contributed by atoms with Crippen molar-refractivity contribution in [2.75, 3.05) is 40.1 Å². The molecule has 2 aromatic carbocycles. The first-order chi connectivity index (χ1) is 17.1. The number of rotatable bonds is 7. The number of nitrogens with zero attached hydrogens (tertiary/aromatic N) is 2. The molecule has 0 N–H and O–H groups in total. The first-order valence-electron chi connectivity index (χ1n) is 11.4. The summed E-state index contributed by atoms with van der Waals surface area (Å²) in [4.78, 5) is 28.5. The first-order valence-corrected chi connectivity index (χ1v) is 11.4. The molecule has 0 spiro atoms. The van der Waals surface area contributed by atoms with Crippen LogP contribution in [0.5, 0.6) is 17.2 Å². The number of amides is 1. The van der Waals surface area contributed by atoms with Gasteiger partial charge in [0.15, 0.2) is 17.3 Å². The third-order valence-electron chi connectivity index (χ3n) is 6.03. The Morgan fingerprint density at radius 2 is 1.69 bits per heavy atom. The van der Waals surface area contributed by atoms with Gasteiger partial charge in [0.1, 0.15) is 18.1 Å². The molecule has 9 nitrogen and oxygen atoms in total. The fourth-order valence-corrected chi connectivity index (χ4v) is 4.09. The van der Waals surface area contributed by atoms with Gasteiger partial charge in [-0.2, -0.15) is 0 Å². The number of fused-ring (bicyclic) bond motifs is 1. The van der Waals surface area contributed by atoms with Crippen LogP contribution in [0.3, 0.4) is 0 Å². The number of furan rings is 1. The summed E-state index contributed by atoms with van der Waals surface area (Å²) in [5, 5.41) is 0. The maximum absolute atomic E-state index is 12.9. The van der Waals surface area contributed by atoms with Gasteiger partial charge in [0.2, 0.25) is 6.79 Å². The molecular weight excluding hydrogens is 452 g/mol. The third kappa shape index (κ3) is 5.25. The normalized spacial score (nSPS) is 15.2. The zero-order valence-electron chi connectivity index (χ0n) is 19.4. The van der Waals surface area contributed by atoms with Crippen LogP contribution in [0.1, 0.15) is 32.2 Å². The molecule has 1 aromatic heterocycles. The average Bonchev–Trinajstić information content (AvgIpc) is 3.57. The number of carbonyl (C=O) groups is 2. The van der Waals surface area contributed by atoms with Crippen molar-refractivity contribution in [2.24, 2.45) is 0 Å². The van der Waals surface area contributed by atoms with Crippen molar-refractivity contribution in [1.82, 2.24) is 9.80 Å². The Morgan fingerprint density at radius 3 is 2.46 bits per heavy atom. The van der Waals surface area contributed by atoms with E-state index in [0.29, 0.717) is 35.9 Å². The summed E-state index contributed by atoms with van der Waals surface area (Å²) in [6.45, 7) is 4.04. The average molecular weight is 479 g/mol. The van der Waals surface area contributed by atoms with Gasteiger partial charge in [0.05, 0.1) is 12.7 Å². The number of hydrogen-bond donors (Lipinski definition) is 0. The lowest BCUT2D eigenvalue weighted by Crippen LogP contribution is -2.48. The lowest BCUT2D eigenvalue weighted by molar-refractivity contribution is 0.0590. The Labute approximate surface area is 202 Å². The number of ether oxygens (including phenoxy) is 4. The van der Waals surface area contributed by atoms with Gasteiger partial charge in [-0.05, 0) is 54.1 Å². The zero-order valence-corrected chi connectivity index (χ0v) is 19.4. The van der Waals surface area contributed by atoms with Gasteiger partial charge in [-0.25, -0.2) is 4.79 Å². The van der Waals surface area contributed by atoms with Gasteiger partial charge in [-0.3, -0.25) is 9.69 Å². The molecule has 0 saturated carbocycles. The Kier molecular flexibility index (Phi) is 6.58. The molecule has 0 atom stereocenters. The van der Waals surface area contributed by atoms with Gasteiger partial charge in [-0.15, -0.1) is 0 Å². The molecule has 0 unspecified atom stereocenters. The molecule has 1 saturated heterocycles. The van der Waals surface area contributed by atoms with Crippen LogP contribution >= 0.6 is 0 Å². The minimum absolute atomic E-state index is 0.124. The summed E-state index contributed by atoms with van der Waals surface area (Å²) in [7, 11) is 1.34. The molecule has 1 amide bonds. The van der Waals surface area contributed by atoms with Gasteiger partial charge < -0.3 is 28.3 Å². The molecule has 0 bridgehead atoms. The van der Waals surface area contributed by atoms with Crippen LogP contribution in [0, 0.1) is 0 Å². The van der Waals surface area contributed by atoms with Gasteiger partial charge in [0, 0.05) is 32.7 Å². The highest BCUT2D eigenvalue weighted by atomic mass is 16.7. The van der Waals surface area contributed by atoms with E-state index < -0.39 is 5.97 Å². The summed E-state index contributed by atoms with van der Waals surface area (Å²) in [6, 6.07) is 16.0. The van der Waals surface area contributed by atoms with Crippen molar-refractivity contribution in [2.45, 2.75) is 13.2 Å². The van der Waals surface area contributed by atoms with E-state index in [1.165, 1.54) is 7.11 Å². The van der Waals surface area contributed by atoms with E-state index in [2.05, 4.69) is 9.64 Å². The van der Waals surface area contributed by atoms with E-state index in [4.69, 9.17) is 18.6 Å². The summed E-state index contributed by atoms with van der Waals surface area (Å²) >= 11 is 0. The largest absolute Gasteiger partial charge is 0.486 e. The maximum Gasteiger partial charge on any atom is 0.337 e. The molecule has 0 aliphatic carbocycles. The number of methoxy groups -OCH3 is 1. The number of hydrogen-bond acceptors (Lipinski definition) is 8. The van der Waals surface area contributed by atoms with Crippen LogP contribution in [-0.4, -0.2) is 61.8 Å². The second-order valence-electron chi connectivity index (χ2n) is 8.33. The van der Waals surface area contributed by atoms with E-state index >= 15 is 0 Å². The minimum Gasteiger partial charge on any atom is -0.486 e. The second kappa shape index (κ2) is 10.1. The number of carbonyl (C=O) groups excluding carboxylic acids is 2. The molecule has 35 heavy (non-hydrogen) atoms. The van der Waals surface area contributed by atoms with Crippen molar-refractivity contribution in [1.29, 1.82) is 0 Å². The number of esters is 1. The molecule has 2 aliphatic rings. The van der Waals surface area contributed by atoms with E-state index in [9.17, 15) is 9.59 Å². The smallest absolute Gasteiger partial charge is 0.337 e. The first kappa shape index (κ1) is 22.8. The van der Waals surface area contributed by atoms with Crippen molar-refractivity contribution in [3.63, 3.8) is 0 Å². The molecule has 182 valence electrons. The van der Waals surface area contributed by atoms with Crippen molar-refractivity contribution in [3.05, 3.63) is 77.2 Å². The van der Waals surface area contributed by atoms with Crippen LogP contribution in [0.2, 0.25) is 0 Å². The summed E-state index contributed by atoms with van der Waals surface area (Å²) in [5.74, 6) is 2.47. The zero-order chi connectivity index (χ0) is 24.2. The highest BCUT2D eigenvalue weighted by Gasteiger charge is 2.25. The van der Waals surface area contributed by atoms with Crippen molar-refractivity contribution >= 4 is 11.9 Å². The summed E-state index contributed by atoms with van der Waals surface area (Å²) in [5.41, 5.74) is 1.60. The number of benzene rings is 2. The van der Waals surface area contributed by atoms with Crippen LogP contribution < -0.4 is 14.2 Å². The summed E-state index contributed by atoms with van der Waals surface area (Å²) in [6.07, 6.45) is 0. The molecule has 5 rings (SSSR count). The molecule has 9 heteroatoms. The number of piperazine rings is 1. The van der Waals surface area contributed by atoms with E-state index in [1.807, 2.05) is 23.1 Å². The van der Waals surface area contributed by atoms with E-state index in [-0.39, 0.29) is 19.3 Å². The van der Waals surface area contributed by atoms with Crippen molar-refractivity contribution in [3.8, 4) is 17.2 Å². The van der Waals surface area contributed by atoms with Crippen LogP contribution in [0.15, 0.2) is 59.0 Å². The SMILES string of the molecule is COC(=O)c1ccc(OCc2ccc(C(=O)N3CCN(Cc4ccc5c(c4)OCO5)CC3)o2)cc1. The van der Waals surface area contributed by atoms with Crippen LogP contribution in [0.4, 0.5) is 0 Å². The Bertz CT molecular complexity index is 1200. The molecular formula is C26H26N2O7.